The molecule has 0 heterocycles. The van der Waals surface area contributed by atoms with Gasteiger partial charge in [-0.25, -0.2) is 8.78 Å². The highest BCUT2D eigenvalue weighted by Gasteiger charge is 2.29. The summed E-state index contributed by atoms with van der Waals surface area (Å²) in [5.74, 6) is -2.35. The largest absolute Gasteiger partial charge is 0.390 e. The van der Waals surface area contributed by atoms with Crippen LogP contribution in [0.3, 0.4) is 0 Å². The van der Waals surface area contributed by atoms with Gasteiger partial charge >= 0.3 is 0 Å². The minimum atomic E-state index is -1.44. The smallest absolute Gasteiger partial charge is 0.253 e. The number of hydrogen-bond donors (Lipinski definition) is 3. The number of amides is 2. The van der Waals surface area contributed by atoms with E-state index in [9.17, 15) is 28.6 Å². The Hall–Kier alpha value is -2.88. The number of aryl methyl sites for hydroxylation is 1. The Morgan fingerprint density at radius 3 is 2.14 bits per heavy atom. The quantitative estimate of drug-likeness (QED) is 0.353. The average molecular weight is 521 g/mol. The van der Waals surface area contributed by atoms with E-state index in [1.807, 2.05) is 13.8 Å². The number of rotatable bonds is 14. The molecule has 0 aliphatic heterocycles. The molecule has 0 radical (unpaired) electrons. The first-order valence-electron chi connectivity index (χ1n) is 12.6. The summed E-state index contributed by atoms with van der Waals surface area (Å²) >= 11 is 0. The van der Waals surface area contributed by atoms with Crippen LogP contribution in [0.1, 0.15) is 65.0 Å². The average Bonchev–Trinajstić information content (AvgIpc) is 2.84. The second-order valence-electron chi connectivity index (χ2n) is 9.28. The highest BCUT2D eigenvalue weighted by Crippen LogP contribution is 2.17. The summed E-state index contributed by atoms with van der Waals surface area (Å²) in [4.78, 5) is 28.1. The molecule has 2 amide bonds. The molecule has 9 heteroatoms. The molecule has 2 aromatic rings. The van der Waals surface area contributed by atoms with Gasteiger partial charge in [0.05, 0.1) is 12.1 Å². The predicted octanol–water partition coefficient (Wildman–Crippen LogP) is 3.63. The predicted molar refractivity (Wildman–Crippen MR) is 137 cm³/mol. The summed E-state index contributed by atoms with van der Waals surface area (Å²) in [5.41, 5.74) is 1.48. The van der Waals surface area contributed by atoms with Crippen LogP contribution < -0.4 is 5.32 Å². The molecular formula is C28H38F2N2O5. The summed E-state index contributed by atoms with van der Waals surface area (Å²) < 4.78 is 32.5. The molecule has 0 aliphatic carbocycles. The Morgan fingerprint density at radius 2 is 1.57 bits per heavy atom. The van der Waals surface area contributed by atoms with Gasteiger partial charge < -0.3 is 25.2 Å². The van der Waals surface area contributed by atoms with E-state index >= 15 is 0 Å². The number of nitrogens with zero attached hydrogens (tertiary/aromatic N) is 1. The minimum Gasteiger partial charge on any atom is -0.390 e. The van der Waals surface area contributed by atoms with Crippen LogP contribution in [-0.2, 0) is 11.2 Å². The third-order valence-corrected chi connectivity index (χ3v) is 5.98. The molecular weight excluding hydrogens is 482 g/mol. The normalized spacial score (nSPS) is 13.6. The molecule has 0 spiro atoms. The number of aliphatic hydroxyl groups is 2. The number of halogens is 2. The summed E-state index contributed by atoms with van der Waals surface area (Å²) in [6.07, 6.45) is -1.14. The van der Waals surface area contributed by atoms with E-state index in [4.69, 9.17) is 4.74 Å². The lowest BCUT2D eigenvalue weighted by atomic mass is 9.95. The van der Waals surface area contributed by atoms with Crippen LogP contribution in [-0.4, -0.2) is 72.0 Å². The van der Waals surface area contributed by atoms with Crippen molar-refractivity contribution < 1.29 is 33.3 Å². The number of methoxy groups -OCH3 is 1. The molecule has 0 bridgehead atoms. The maximum atomic E-state index is 13.8. The minimum absolute atomic E-state index is 0.0926. The van der Waals surface area contributed by atoms with Crippen LogP contribution in [0.4, 0.5) is 8.78 Å². The Labute approximate surface area is 217 Å². The fraction of sp³-hybridized carbons (Fsp3) is 0.500. The number of hydrogen-bond acceptors (Lipinski definition) is 5. The lowest BCUT2D eigenvalue weighted by molar-refractivity contribution is -0.0177. The second-order valence-corrected chi connectivity index (χ2v) is 9.28. The van der Waals surface area contributed by atoms with Crippen LogP contribution in [0.25, 0.3) is 0 Å². The molecule has 204 valence electrons. The topological polar surface area (TPSA) is 99.1 Å². The van der Waals surface area contributed by atoms with Gasteiger partial charge in [0, 0.05) is 44.0 Å². The van der Waals surface area contributed by atoms with Gasteiger partial charge in [-0.2, -0.15) is 0 Å². The summed E-state index contributed by atoms with van der Waals surface area (Å²) in [7, 11) is 1.45. The highest BCUT2D eigenvalue weighted by molar-refractivity contribution is 6.00. The van der Waals surface area contributed by atoms with Gasteiger partial charge in [0.1, 0.15) is 17.7 Å². The second kappa shape index (κ2) is 14.8. The SMILES string of the molecule is CCCN(CCC)C(=O)c1cc(C)cc(C(=O)NC(Cc2cc(F)cc(F)c2)C(O)C(O)CCOC)c1. The van der Waals surface area contributed by atoms with Crippen molar-refractivity contribution in [1.82, 2.24) is 10.2 Å². The number of nitrogens with one attached hydrogen (secondary N) is 1. The molecule has 2 aromatic carbocycles. The van der Waals surface area contributed by atoms with Gasteiger partial charge in [-0.1, -0.05) is 13.8 Å². The zero-order valence-corrected chi connectivity index (χ0v) is 22.0. The number of ether oxygens (including phenoxy) is 1. The van der Waals surface area contributed by atoms with Crippen LogP contribution in [0.2, 0.25) is 0 Å². The van der Waals surface area contributed by atoms with E-state index in [1.54, 1.807) is 24.0 Å². The van der Waals surface area contributed by atoms with Crippen LogP contribution in [0.15, 0.2) is 36.4 Å². The zero-order valence-electron chi connectivity index (χ0n) is 22.0. The number of aliphatic hydroxyl groups excluding tert-OH is 2. The zero-order chi connectivity index (χ0) is 27.5. The van der Waals surface area contributed by atoms with Gasteiger partial charge in [0.25, 0.3) is 11.8 Å². The van der Waals surface area contributed by atoms with E-state index in [2.05, 4.69) is 5.32 Å². The Morgan fingerprint density at radius 1 is 0.973 bits per heavy atom. The first kappa shape index (κ1) is 30.3. The molecule has 2 rings (SSSR count). The van der Waals surface area contributed by atoms with Crippen molar-refractivity contribution in [3.63, 3.8) is 0 Å². The molecule has 3 atom stereocenters. The molecule has 0 saturated heterocycles. The van der Waals surface area contributed by atoms with Crippen molar-refractivity contribution in [2.45, 2.75) is 64.7 Å². The Bertz CT molecular complexity index is 1020. The maximum Gasteiger partial charge on any atom is 0.253 e. The van der Waals surface area contributed by atoms with Crippen LogP contribution in [0, 0.1) is 18.6 Å². The van der Waals surface area contributed by atoms with Crippen LogP contribution in [0.5, 0.6) is 0 Å². The van der Waals surface area contributed by atoms with Crippen molar-refractivity contribution >= 4 is 11.8 Å². The molecule has 0 fully saturated rings. The fourth-order valence-corrected chi connectivity index (χ4v) is 4.24. The third-order valence-electron chi connectivity index (χ3n) is 5.98. The van der Waals surface area contributed by atoms with Crippen molar-refractivity contribution in [2.24, 2.45) is 0 Å². The summed E-state index contributed by atoms with van der Waals surface area (Å²) in [6.45, 7) is 7.11. The first-order chi connectivity index (χ1) is 17.6. The number of benzene rings is 2. The van der Waals surface area contributed by atoms with E-state index in [0.29, 0.717) is 24.2 Å². The van der Waals surface area contributed by atoms with Gasteiger partial charge in [-0.15, -0.1) is 0 Å². The molecule has 0 saturated carbocycles. The van der Waals surface area contributed by atoms with Gasteiger partial charge in [0.2, 0.25) is 0 Å². The van der Waals surface area contributed by atoms with Gasteiger partial charge in [0.15, 0.2) is 0 Å². The van der Waals surface area contributed by atoms with Crippen LogP contribution >= 0.6 is 0 Å². The summed E-state index contributed by atoms with van der Waals surface area (Å²) in [5, 5.41) is 23.9. The van der Waals surface area contributed by atoms with Crippen molar-refractivity contribution in [3.05, 3.63) is 70.3 Å². The lowest BCUT2D eigenvalue weighted by Crippen LogP contribution is -2.50. The van der Waals surface area contributed by atoms with E-state index in [0.717, 1.165) is 31.0 Å². The van der Waals surface area contributed by atoms with Crippen molar-refractivity contribution in [2.75, 3.05) is 26.8 Å². The molecule has 37 heavy (non-hydrogen) atoms. The molecule has 0 aliphatic rings. The van der Waals surface area contributed by atoms with E-state index < -0.39 is 35.8 Å². The molecule has 7 nitrogen and oxygen atoms in total. The standard InChI is InChI=1S/C28H38F2N2O5/c1-5-8-32(9-6-2)28(36)21-12-18(3)11-20(16-21)27(35)31-24(26(34)25(33)7-10-37-4)15-19-13-22(29)17-23(30)14-19/h11-14,16-17,24-26,33-34H,5-10,15H2,1-4H3,(H,31,35). The highest BCUT2D eigenvalue weighted by atomic mass is 19.1. The van der Waals surface area contributed by atoms with E-state index in [1.165, 1.54) is 13.2 Å². The molecule has 3 unspecified atom stereocenters. The lowest BCUT2D eigenvalue weighted by Gasteiger charge is -2.28. The van der Waals surface area contributed by atoms with E-state index in [-0.39, 0.29) is 36.5 Å². The fourth-order valence-electron chi connectivity index (χ4n) is 4.24. The Balaban J connectivity index is 2.34. The molecule has 3 N–H and O–H groups in total. The molecule has 0 aromatic heterocycles. The van der Waals surface area contributed by atoms with Crippen molar-refractivity contribution in [1.29, 1.82) is 0 Å². The number of carbonyl (C=O) groups excluding carboxylic acids is 2. The summed E-state index contributed by atoms with van der Waals surface area (Å²) in [6, 6.07) is 6.70. The number of carbonyl (C=O) groups is 2. The van der Waals surface area contributed by atoms with Crippen molar-refractivity contribution in [3.8, 4) is 0 Å². The first-order valence-corrected chi connectivity index (χ1v) is 12.6. The third kappa shape index (κ3) is 9.18. The maximum absolute atomic E-state index is 13.8. The Kier molecular flexibility index (Phi) is 12.1. The monoisotopic (exact) mass is 520 g/mol. The van der Waals surface area contributed by atoms with Gasteiger partial charge in [-0.05, 0) is 74.1 Å². The van der Waals surface area contributed by atoms with Gasteiger partial charge in [-0.3, -0.25) is 9.59 Å².